The van der Waals surface area contributed by atoms with Crippen LogP contribution < -0.4 is 5.32 Å². The van der Waals surface area contributed by atoms with Crippen molar-refractivity contribution in [3.8, 4) is 5.75 Å². The molecule has 22 heavy (non-hydrogen) atoms. The Morgan fingerprint density at radius 3 is 2.86 bits per heavy atom. The van der Waals surface area contributed by atoms with Crippen LogP contribution >= 0.6 is 0 Å². The number of aromatic nitrogens is 4. The van der Waals surface area contributed by atoms with Crippen LogP contribution in [-0.2, 0) is 0 Å². The first kappa shape index (κ1) is 12.6. The molecule has 4 aromatic rings. The molecular formula is C16H13N5O. The highest BCUT2D eigenvalue weighted by atomic mass is 16.3. The van der Waals surface area contributed by atoms with Gasteiger partial charge in [0.1, 0.15) is 12.1 Å². The van der Waals surface area contributed by atoms with Gasteiger partial charge in [0.2, 0.25) is 5.65 Å². The van der Waals surface area contributed by atoms with E-state index in [1.54, 1.807) is 24.5 Å². The number of aryl methyl sites for hydroxylation is 1. The lowest BCUT2D eigenvalue weighted by atomic mass is 10.2. The van der Waals surface area contributed by atoms with Crippen molar-refractivity contribution in [1.82, 2.24) is 19.6 Å². The molecule has 108 valence electrons. The third-order valence-corrected chi connectivity index (χ3v) is 3.54. The van der Waals surface area contributed by atoms with Gasteiger partial charge in [-0.1, -0.05) is 18.2 Å². The second-order valence-corrected chi connectivity index (χ2v) is 5.12. The van der Waals surface area contributed by atoms with E-state index in [9.17, 15) is 5.11 Å². The Morgan fingerprint density at radius 1 is 1.14 bits per heavy atom. The monoisotopic (exact) mass is 291 g/mol. The van der Waals surface area contributed by atoms with Crippen molar-refractivity contribution in [3.63, 3.8) is 0 Å². The molecule has 0 aliphatic heterocycles. The fourth-order valence-electron chi connectivity index (χ4n) is 2.45. The van der Waals surface area contributed by atoms with Gasteiger partial charge < -0.3 is 10.4 Å². The summed E-state index contributed by atoms with van der Waals surface area (Å²) in [5.41, 5.74) is 4.11. The molecular weight excluding hydrogens is 278 g/mol. The molecule has 0 aliphatic carbocycles. The molecule has 0 aliphatic rings. The molecule has 6 heteroatoms. The molecule has 2 aromatic carbocycles. The van der Waals surface area contributed by atoms with E-state index >= 15 is 0 Å². The number of phenolic OH excluding ortho intramolecular Hbond substituents is 1. The van der Waals surface area contributed by atoms with E-state index in [-0.39, 0.29) is 5.75 Å². The third kappa shape index (κ3) is 1.93. The van der Waals surface area contributed by atoms with Crippen LogP contribution in [0.5, 0.6) is 5.75 Å². The van der Waals surface area contributed by atoms with Gasteiger partial charge in [-0.15, -0.1) is 10.2 Å². The van der Waals surface area contributed by atoms with Crippen molar-refractivity contribution >= 4 is 28.2 Å². The maximum absolute atomic E-state index is 9.91. The minimum Gasteiger partial charge on any atom is -0.506 e. The lowest BCUT2D eigenvalue weighted by molar-refractivity contribution is 0.478. The number of nitrogens with zero attached hydrogens (tertiary/aromatic N) is 4. The van der Waals surface area contributed by atoms with E-state index in [1.807, 2.05) is 35.6 Å². The summed E-state index contributed by atoms with van der Waals surface area (Å²) in [6.45, 7) is 2.03. The summed E-state index contributed by atoms with van der Waals surface area (Å²) < 4.78 is 1.89. The number of rotatable bonds is 2. The van der Waals surface area contributed by atoms with Gasteiger partial charge in [0.25, 0.3) is 0 Å². The maximum Gasteiger partial charge on any atom is 0.204 e. The summed E-state index contributed by atoms with van der Waals surface area (Å²) in [5, 5.41) is 21.1. The van der Waals surface area contributed by atoms with Crippen molar-refractivity contribution in [1.29, 1.82) is 0 Å². The van der Waals surface area contributed by atoms with Crippen LogP contribution in [0.3, 0.4) is 0 Å². The van der Waals surface area contributed by atoms with Crippen LogP contribution in [0.2, 0.25) is 0 Å². The van der Waals surface area contributed by atoms with E-state index in [0.29, 0.717) is 17.2 Å². The number of aromatic hydroxyl groups is 1. The van der Waals surface area contributed by atoms with Gasteiger partial charge in [-0.2, -0.15) is 0 Å². The summed E-state index contributed by atoms with van der Waals surface area (Å²) in [7, 11) is 0. The van der Waals surface area contributed by atoms with Crippen molar-refractivity contribution < 1.29 is 5.11 Å². The summed E-state index contributed by atoms with van der Waals surface area (Å²) in [5.74, 6) is 0.710. The minimum absolute atomic E-state index is 0.158. The topological polar surface area (TPSA) is 75.3 Å². The third-order valence-electron chi connectivity index (χ3n) is 3.54. The van der Waals surface area contributed by atoms with Gasteiger partial charge in [-0.3, -0.25) is 4.40 Å². The van der Waals surface area contributed by atoms with E-state index < -0.39 is 0 Å². The summed E-state index contributed by atoms with van der Waals surface area (Å²) in [6, 6.07) is 13.0. The SMILES string of the molecule is Cc1ccc2nc(Nc3ccccc3O)c3nncn3c2c1. The Balaban J connectivity index is 1.95. The van der Waals surface area contributed by atoms with E-state index in [0.717, 1.165) is 16.6 Å². The molecule has 0 saturated heterocycles. The highest BCUT2D eigenvalue weighted by Crippen LogP contribution is 2.28. The van der Waals surface area contributed by atoms with Gasteiger partial charge in [0.05, 0.1) is 16.7 Å². The van der Waals surface area contributed by atoms with Crippen molar-refractivity contribution in [2.45, 2.75) is 6.92 Å². The standard InChI is InChI=1S/C16H13N5O/c1-10-6-7-11-13(8-10)21-9-17-20-16(21)15(18-11)19-12-4-2-3-5-14(12)22/h2-9,22H,1H3,(H,18,19). The minimum atomic E-state index is 0.158. The number of anilines is 2. The number of fused-ring (bicyclic) bond motifs is 3. The molecule has 4 rings (SSSR count). The number of nitrogens with one attached hydrogen (secondary N) is 1. The molecule has 0 fully saturated rings. The Kier molecular flexibility index (Phi) is 2.69. The first-order valence-corrected chi connectivity index (χ1v) is 6.87. The zero-order chi connectivity index (χ0) is 15.1. The average Bonchev–Trinajstić information content (AvgIpc) is 3.00. The van der Waals surface area contributed by atoms with Crippen molar-refractivity contribution in [2.24, 2.45) is 0 Å². The second-order valence-electron chi connectivity index (χ2n) is 5.12. The first-order valence-electron chi connectivity index (χ1n) is 6.87. The molecule has 0 saturated carbocycles. The summed E-state index contributed by atoms with van der Waals surface area (Å²) in [6.07, 6.45) is 1.66. The highest BCUT2D eigenvalue weighted by molar-refractivity contribution is 5.85. The van der Waals surface area contributed by atoms with E-state index in [2.05, 4.69) is 20.5 Å². The lowest BCUT2D eigenvalue weighted by Crippen LogP contribution is -2.00. The molecule has 0 atom stereocenters. The Morgan fingerprint density at radius 2 is 2.00 bits per heavy atom. The molecule has 0 bridgehead atoms. The quantitative estimate of drug-likeness (QED) is 0.555. The lowest BCUT2D eigenvalue weighted by Gasteiger charge is -2.10. The fraction of sp³-hybridized carbons (Fsp3) is 0.0625. The van der Waals surface area contributed by atoms with Crippen molar-refractivity contribution in [3.05, 3.63) is 54.4 Å². The first-order chi connectivity index (χ1) is 10.7. The van der Waals surface area contributed by atoms with Crippen LogP contribution in [0.4, 0.5) is 11.5 Å². The molecule has 6 nitrogen and oxygen atoms in total. The number of phenols is 1. The van der Waals surface area contributed by atoms with E-state index in [1.165, 1.54) is 0 Å². The van der Waals surface area contributed by atoms with Crippen LogP contribution in [0.1, 0.15) is 5.56 Å². The van der Waals surface area contributed by atoms with Gasteiger partial charge in [0, 0.05) is 0 Å². The molecule has 0 amide bonds. The van der Waals surface area contributed by atoms with Gasteiger partial charge in [0.15, 0.2) is 5.82 Å². The number of hydrogen-bond donors (Lipinski definition) is 2. The largest absolute Gasteiger partial charge is 0.506 e. The van der Waals surface area contributed by atoms with Gasteiger partial charge >= 0.3 is 0 Å². The predicted octanol–water partition coefficient (Wildman–Crippen LogP) is 3.04. The second kappa shape index (κ2) is 4.70. The molecule has 0 spiro atoms. The maximum atomic E-state index is 9.91. The Bertz CT molecular complexity index is 992. The zero-order valence-corrected chi connectivity index (χ0v) is 11.9. The van der Waals surface area contributed by atoms with Gasteiger partial charge in [-0.05, 0) is 36.8 Å². The van der Waals surface area contributed by atoms with Crippen LogP contribution in [0.15, 0.2) is 48.8 Å². The molecule has 2 aromatic heterocycles. The number of hydrogen-bond acceptors (Lipinski definition) is 5. The molecule has 0 radical (unpaired) electrons. The van der Waals surface area contributed by atoms with Crippen LogP contribution in [0, 0.1) is 6.92 Å². The summed E-state index contributed by atoms with van der Waals surface area (Å²) in [4.78, 5) is 4.61. The fourth-order valence-corrected chi connectivity index (χ4v) is 2.45. The number of benzene rings is 2. The smallest absolute Gasteiger partial charge is 0.204 e. The van der Waals surface area contributed by atoms with Crippen LogP contribution in [-0.4, -0.2) is 24.7 Å². The van der Waals surface area contributed by atoms with Gasteiger partial charge in [-0.25, -0.2) is 4.98 Å². The zero-order valence-electron chi connectivity index (χ0n) is 11.9. The predicted molar refractivity (Wildman–Crippen MR) is 84.4 cm³/mol. The Hall–Kier alpha value is -3.15. The highest BCUT2D eigenvalue weighted by Gasteiger charge is 2.11. The van der Waals surface area contributed by atoms with E-state index in [4.69, 9.17) is 0 Å². The van der Waals surface area contributed by atoms with Crippen LogP contribution in [0.25, 0.3) is 16.7 Å². The van der Waals surface area contributed by atoms with Crippen molar-refractivity contribution in [2.75, 3.05) is 5.32 Å². The molecule has 2 heterocycles. The summed E-state index contributed by atoms with van der Waals surface area (Å²) >= 11 is 0. The molecule has 2 N–H and O–H groups in total. The number of para-hydroxylation sites is 2. The average molecular weight is 291 g/mol. The Labute approximate surface area is 126 Å². The normalized spacial score (nSPS) is 11.1. The molecule has 0 unspecified atom stereocenters.